The van der Waals surface area contributed by atoms with Crippen LogP contribution in [0.3, 0.4) is 0 Å². The fraction of sp³-hybridized carbons (Fsp3) is 0. The second-order valence-corrected chi connectivity index (χ2v) is 5.94. The molecular formula is C13H7Br2ClFNO. The molecule has 0 saturated heterocycles. The molecule has 0 bridgehead atoms. The zero-order valence-corrected chi connectivity index (χ0v) is 13.3. The third kappa shape index (κ3) is 3.55. The minimum absolute atomic E-state index is 0.0930. The molecule has 2 aromatic rings. The van der Waals surface area contributed by atoms with E-state index < -0.39 is 11.7 Å². The Morgan fingerprint density at radius 3 is 2.47 bits per heavy atom. The van der Waals surface area contributed by atoms with E-state index in [1.807, 2.05) is 0 Å². The van der Waals surface area contributed by atoms with Gasteiger partial charge in [-0.05, 0) is 36.4 Å². The Kier molecular flexibility index (Phi) is 4.60. The number of anilines is 1. The molecule has 0 atom stereocenters. The van der Waals surface area contributed by atoms with Gasteiger partial charge in [-0.15, -0.1) is 0 Å². The molecule has 2 nitrogen and oxygen atoms in total. The Balaban J connectivity index is 2.30. The van der Waals surface area contributed by atoms with Crippen molar-refractivity contribution in [2.24, 2.45) is 0 Å². The van der Waals surface area contributed by atoms with E-state index in [1.165, 1.54) is 12.1 Å². The van der Waals surface area contributed by atoms with E-state index in [4.69, 9.17) is 11.6 Å². The predicted molar refractivity (Wildman–Crippen MR) is 81.2 cm³/mol. The lowest BCUT2D eigenvalue weighted by atomic mass is 10.2. The Morgan fingerprint density at radius 1 is 1.11 bits per heavy atom. The van der Waals surface area contributed by atoms with Crippen molar-refractivity contribution in [3.8, 4) is 0 Å². The normalized spacial score (nSPS) is 10.3. The lowest BCUT2D eigenvalue weighted by Crippen LogP contribution is -2.13. The summed E-state index contributed by atoms with van der Waals surface area (Å²) in [5.41, 5.74) is 0.367. The maximum absolute atomic E-state index is 13.5. The molecule has 0 aromatic heterocycles. The smallest absolute Gasteiger partial charge is 0.257 e. The topological polar surface area (TPSA) is 29.1 Å². The summed E-state index contributed by atoms with van der Waals surface area (Å²) in [6.45, 7) is 0. The summed E-state index contributed by atoms with van der Waals surface area (Å²) in [4.78, 5) is 12.1. The molecule has 0 saturated carbocycles. The van der Waals surface area contributed by atoms with Crippen molar-refractivity contribution in [1.29, 1.82) is 0 Å². The highest BCUT2D eigenvalue weighted by Gasteiger charge is 2.13. The second kappa shape index (κ2) is 6.03. The highest BCUT2D eigenvalue weighted by atomic mass is 79.9. The maximum Gasteiger partial charge on any atom is 0.257 e. The highest BCUT2D eigenvalue weighted by Crippen LogP contribution is 2.24. The molecule has 0 heterocycles. The summed E-state index contributed by atoms with van der Waals surface area (Å²) in [7, 11) is 0. The number of nitrogens with one attached hydrogen (secondary N) is 1. The molecule has 0 unspecified atom stereocenters. The molecule has 98 valence electrons. The molecule has 0 spiro atoms. The van der Waals surface area contributed by atoms with Crippen molar-refractivity contribution < 1.29 is 9.18 Å². The standard InChI is InChI=1S/C13H7Br2ClFNO/c14-7-1-3-10(16)9(5-7)13(19)18-12-6-8(15)2-4-11(12)17/h1-6H,(H,18,19). The average molecular weight is 407 g/mol. The average Bonchev–Trinajstić information content (AvgIpc) is 2.36. The number of hydrogen-bond donors (Lipinski definition) is 1. The Hall–Kier alpha value is -0.910. The molecule has 0 aliphatic carbocycles. The van der Waals surface area contributed by atoms with Crippen LogP contribution >= 0.6 is 43.5 Å². The molecule has 0 aliphatic rings. The van der Waals surface area contributed by atoms with E-state index in [1.54, 1.807) is 24.3 Å². The highest BCUT2D eigenvalue weighted by molar-refractivity contribution is 9.10. The van der Waals surface area contributed by atoms with Crippen LogP contribution in [0, 0.1) is 5.82 Å². The Morgan fingerprint density at radius 2 is 1.74 bits per heavy atom. The SMILES string of the molecule is O=C(Nc1cc(Br)ccc1F)c1cc(Br)ccc1Cl. The lowest BCUT2D eigenvalue weighted by molar-refractivity contribution is 0.102. The van der Waals surface area contributed by atoms with Gasteiger partial charge in [-0.1, -0.05) is 43.5 Å². The van der Waals surface area contributed by atoms with Gasteiger partial charge in [-0.2, -0.15) is 0 Å². The monoisotopic (exact) mass is 405 g/mol. The second-order valence-electron chi connectivity index (χ2n) is 3.70. The van der Waals surface area contributed by atoms with Crippen molar-refractivity contribution >= 4 is 55.1 Å². The number of carbonyl (C=O) groups is 1. The number of amides is 1. The molecular weight excluding hydrogens is 400 g/mol. The first-order valence-electron chi connectivity index (χ1n) is 5.19. The first-order chi connectivity index (χ1) is 8.97. The van der Waals surface area contributed by atoms with Crippen LogP contribution in [0.25, 0.3) is 0 Å². The number of hydrogen-bond acceptors (Lipinski definition) is 1. The van der Waals surface area contributed by atoms with E-state index in [0.717, 1.165) is 4.47 Å². The summed E-state index contributed by atoms with van der Waals surface area (Å²) in [6, 6.07) is 9.20. The summed E-state index contributed by atoms with van der Waals surface area (Å²) < 4.78 is 14.9. The number of halogens is 4. The molecule has 1 amide bonds. The minimum atomic E-state index is -0.511. The molecule has 2 rings (SSSR count). The van der Waals surface area contributed by atoms with Crippen molar-refractivity contribution in [1.82, 2.24) is 0 Å². The minimum Gasteiger partial charge on any atom is -0.319 e. The molecule has 1 N–H and O–H groups in total. The summed E-state index contributed by atoms with van der Waals surface area (Å²) in [5.74, 6) is -0.981. The molecule has 0 aliphatic heterocycles. The van der Waals surface area contributed by atoms with Crippen LogP contribution in [0.2, 0.25) is 5.02 Å². The quantitative estimate of drug-likeness (QED) is 0.723. The van der Waals surface area contributed by atoms with E-state index >= 15 is 0 Å². The predicted octanol–water partition coefficient (Wildman–Crippen LogP) is 5.26. The van der Waals surface area contributed by atoms with Gasteiger partial charge in [0.05, 0.1) is 16.3 Å². The molecule has 19 heavy (non-hydrogen) atoms. The fourth-order valence-corrected chi connectivity index (χ4v) is 2.38. The summed E-state index contributed by atoms with van der Waals surface area (Å²) >= 11 is 12.4. The zero-order valence-electron chi connectivity index (χ0n) is 9.38. The lowest BCUT2D eigenvalue weighted by Gasteiger charge is -2.08. The van der Waals surface area contributed by atoms with Crippen molar-refractivity contribution in [2.75, 3.05) is 5.32 Å². The maximum atomic E-state index is 13.5. The molecule has 0 fully saturated rings. The molecule has 2 aromatic carbocycles. The third-order valence-corrected chi connectivity index (χ3v) is 3.67. The van der Waals surface area contributed by atoms with Gasteiger partial charge in [-0.25, -0.2) is 4.39 Å². The van der Waals surface area contributed by atoms with E-state index in [2.05, 4.69) is 37.2 Å². The van der Waals surface area contributed by atoms with Crippen molar-refractivity contribution in [3.63, 3.8) is 0 Å². The van der Waals surface area contributed by atoms with Gasteiger partial charge in [0, 0.05) is 8.95 Å². The van der Waals surface area contributed by atoms with E-state index in [9.17, 15) is 9.18 Å². The molecule has 6 heteroatoms. The van der Waals surface area contributed by atoms with Crippen LogP contribution in [-0.2, 0) is 0 Å². The van der Waals surface area contributed by atoms with Crippen molar-refractivity contribution in [2.45, 2.75) is 0 Å². The third-order valence-electron chi connectivity index (χ3n) is 2.35. The van der Waals surface area contributed by atoms with Crippen LogP contribution in [0.4, 0.5) is 10.1 Å². The van der Waals surface area contributed by atoms with Gasteiger partial charge in [0.15, 0.2) is 0 Å². The number of rotatable bonds is 2. The van der Waals surface area contributed by atoms with Gasteiger partial charge in [0.25, 0.3) is 5.91 Å². The zero-order chi connectivity index (χ0) is 14.0. The largest absolute Gasteiger partial charge is 0.319 e. The summed E-state index contributed by atoms with van der Waals surface area (Å²) in [5, 5.41) is 2.79. The van der Waals surface area contributed by atoms with Crippen LogP contribution in [0.5, 0.6) is 0 Å². The Labute approximate surface area is 131 Å². The number of benzene rings is 2. The van der Waals surface area contributed by atoms with Crippen LogP contribution in [0.15, 0.2) is 45.3 Å². The van der Waals surface area contributed by atoms with Crippen LogP contribution < -0.4 is 5.32 Å². The first kappa shape index (κ1) is 14.5. The van der Waals surface area contributed by atoms with Gasteiger partial charge < -0.3 is 5.32 Å². The van der Waals surface area contributed by atoms with Crippen LogP contribution in [-0.4, -0.2) is 5.91 Å². The van der Waals surface area contributed by atoms with Gasteiger partial charge in [0.2, 0.25) is 0 Å². The summed E-state index contributed by atoms with van der Waals surface area (Å²) in [6.07, 6.45) is 0. The van der Waals surface area contributed by atoms with Crippen molar-refractivity contribution in [3.05, 3.63) is 61.7 Å². The van der Waals surface area contributed by atoms with Gasteiger partial charge >= 0.3 is 0 Å². The molecule has 0 radical (unpaired) electrons. The Bertz CT molecular complexity index is 649. The van der Waals surface area contributed by atoms with Gasteiger partial charge in [0.1, 0.15) is 5.82 Å². The van der Waals surface area contributed by atoms with Crippen LogP contribution in [0.1, 0.15) is 10.4 Å². The fourth-order valence-electron chi connectivity index (χ4n) is 1.45. The van der Waals surface area contributed by atoms with E-state index in [-0.39, 0.29) is 11.3 Å². The first-order valence-corrected chi connectivity index (χ1v) is 7.15. The van der Waals surface area contributed by atoms with E-state index in [0.29, 0.717) is 9.50 Å². The number of carbonyl (C=O) groups excluding carboxylic acids is 1. The van der Waals surface area contributed by atoms with Gasteiger partial charge in [-0.3, -0.25) is 4.79 Å².